The Bertz CT molecular complexity index is 618. The summed E-state index contributed by atoms with van der Waals surface area (Å²) in [5.74, 6) is 0.257. The second kappa shape index (κ2) is 8.00. The quantitative estimate of drug-likeness (QED) is 0.914. The SMILES string of the molecule is Cc1cc(C)cc(N2CC(CNC(=O)C3CCCCC3)OCC2=O)c1. The number of hydrogen-bond donors (Lipinski definition) is 1. The number of amides is 2. The molecule has 2 fully saturated rings. The maximum absolute atomic E-state index is 12.3. The van der Waals surface area contributed by atoms with Gasteiger partial charge in [-0.25, -0.2) is 0 Å². The molecule has 3 rings (SSSR count). The maximum atomic E-state index is 12.3. The normalized spacial score (nSPS) is 22.1. The monoisotopic (exact) mass is 344 g/mol. The van der Waals surface area contributed by atoms with Gasteiger partial charge >= 0.3 is 0 Å². The lowest BCUT2D eigenvalue weighted by molar-refractivity contribution is -0.130. The van der Waals surface area contributed by atoms with Crippen molar-refractivity contribution in [3.63, 3.8) is 0 Å². The molecule has 0 bridgehead atoms. The molecule has 0 radical (unpaired) electrons. The van der Waals surface area contributed by atoms with Gasteiger partial charge in [0.1, 0.15) is 6.61 Å². The number of rotatable bonds is 4. The summed E-state index contributed by atoms with van der Waals surface area (Å²) in [6.07, 6.45) is 5.35. The van der Waals surface area contributed by atoms with Crippen LogP contribution < -0.4 is 10.2 Å². The van der Waals surface area contributed by atoms with Crippen molar-refractivity contribution in [2.75, 3.05) is 24.6 Å². The van der Waals surface area contributed by atoms with Gasteiger partial charge in [0.2, 0.25) is 5.91 Å². The fraction of sp³-hybridized carbons (Fsp3) is 0.600. The van der Waals surface area contributed by atoms with Gasteiger partial charge in [0.25, 0.3) is 5.91 Å². The van der Waals surface area contributed by atoms with Crippen molar-refractivity contribution in [2.24, 2.45) is 5.92 Å². The van der Waals surface area contributed by atoms with E-state index in [9.17, 15) is 9.59 Å². The number of aryl methyl sites for hydroxylation is 2. The molecule has 1 aromatic rings. The topological polar surface area (TPSA) is 58.6 Å². The van der Waals surface area contributed by atoms with Crippen LogP contribution in [0.2, 0.25) is 0 Å². The highest BCUT2D eigenvalue weighted by Gasteiger charge is 2.29. The van der Waals surface area contributed by atoms with Gasteiger partial charge in [-0.1, -0.05) is 25.3 Å². The highest BCUT2D eigenvalue weighted by Crippen LogP contribution is 2.24. The Kier molecular flexibility index (Phi) is 5.74. The Morgan fingerprint density at radius 3 is 2.52 bits per heavy atom. The molecule has 2 amide bonds. The molecule has 1 aromatic carbocycles. The zero-order valence-corrected chi connectivity index (χ0v) is 15.2. The molecule has 0 spiro atoms. The van der Waals surface area contributed by atoms with Crippen molar-refractivity contribution in [3.05, 3.63) is 29.3 Å². The van der Waals surface area contributed by atoms with Crippen LogP contribution in [0.4, 0.5) is 5.69 Å². The van der Waals surface area contributed by atoms with E-state index in [0.717, 1.165) is 42.5 Å². The molecule has 5 heteroatoms. The van der Waals surface area contributed by atoms with Crippen molar-refractivity contribution in [2.45, 2.75) is 52.1 Å². The van der Waals surface area contributed by atoms with Crippen molar-refractivity contribution in [3.8, 4) is 0 Å². The number of carbonyl (C=O) groups is 2. The second-order valence-corrected chi connectivity index (χ2v) is 7.36. The van der Waals surface area contributed by atoms with Crippen molar-refractivity contribution >= 4 is 17.5 Å². The van der Waals surface area contributed by atoms with Crippen LogP contribution in [0, 0.1) is 19.8 Å². The fourth-order valence-corrected chi connectivity index (χ4v) is 3.83. The fourth-order valence-electron chi connectivity index (χ4n) is 3.83. The molecule has 1 atom stereocenters. The van der Waals surface area contributed by atoms with E-state index in [1.807, 2.05) is 26.0 Å². The molecule has 1 aliphatic carbocycles. The Labute approximate surface area is 149 Å². The summed E-state index contributed by atoms with van der Waals surface area (Å²) in [4.78, 5) is 26.3. The molecule has 1 heterocycles. The van der Waals surface area contributed by atoms with Gasteiger partial charge in [0, 0.05) is 18.2 Å². The molecule has 1 aliphatic heterocycles. The van der Waals surface area contributed by atoms with E-state index in [-0.39, 0.29) is 30.4 Å². The maximum Gasteiger partial charge on any atom is 0.253 e. The Hall–Kier alpha value is -1.88. The number of morpholine rings is 1. The number of hydrogen-bond acceptors (Lipinski definition) is 3. The van der Waals surface area contributed by atoms with Gasteiger partial charge in [0.05, 0.1) is 12.6 Å². The molecule has 25 heavy (non-hydrogen) atoms. The zero-order chi connectivity index (χ0) is 17.8. The average molecular weight is 344 g/mol. The lowest BCUT2D eigenvalue weighted by Crippen LogP contribution is -2.51. The Morgan fingerprint density at radius 2 is 1.84 bits per heavy atom. The van der Waals surface area contributed by atoms with Crippen LogP contribution in [0.15, 0.2) is 18.2 Å². The number of ether oxygens (including phenoxy) is 1. The van der Waals surface area contributed by atoms with Crippen LogP contribution in [0.1, 0.15) is 43.2 Å². The van der Waals surface area contributed by atoms with Crippen LogP contribution in [-0.2, 0) is 14.3 Å². The van der Waals surface area contributed by atoms with Gasteiger partial charge in [-0.05, 0) is 49.9 Å². The predicted molar refractivity (Wildman–Crippen MR) is 97.6 cm³/mol. The summed E-state index contributed by atoms with van der Waals surface area (Å²) in [5.41, 5.74) is 3.18. The number of nitrogens with zero attached hydrogens (tertiary/aromatic N) is 1. The first kappa shape index (κ1) is 17.9. The lowest BCUT2D eigenvalue weighted by atomic mass is 9.88. The van der Waals surface area contributed by atoms with Crippen molar-refractivity contribution < 1.29 is 14.3 Å². The van der Waals surface area contributed by atoms with Gasteiger partial charge in [-0.2, -0.15) is 0 Å². The van der Waals surface area contributed by atoms with E-state index in [1.165, 1.54) is 6.42 Å². The molecule has 1 N–H and O–H groups in total. The summed E-state index contributed by atoms with van der Waals surface area (Å²) in [6.45, 7) is 5.07. The van der Waals surface area contributed by atoms with Crippen molar-refractivity contribution in [1.82, 2.24) is 5.32 Å². The minimum atomic E-state index is -0.161. The molecule has 136 valence electrons. The predicted octanol–water partition coefficient (Wildman–Crippen LogP) is 2.73. The summed E-state index contributed by atoms with van der Waals surface area (Å²) in [5, 5.41) is 3.03. The van der Waals surface area contributed by atoms with Gasteiger partial charge in [0.15, 0.2) is 0 Å². The first-order valence-electron chi connectivity index (χ1n) is 9.31. The number of benzene rings is 1. The highest BCUT2D eigenvalue weighted by molar-refractivity contribution is 5.95. The highest BCUT2D eigenvalue weighted by atomic mass is 16.5. The summed E-state index contributed by atoms with van der Waals surface area (Å²) in [7, 11) is 0. The third-order valence-electron chi connectivity index (χ3n) is 5.13. The van der Waals surface area contributed by atoms with E-state index in [0.29, 0.717) is 13.1 Å². The number of carbonyl (C=O) groups excluding carboxylic acids is 2. The van der Waals surface area contributed by atoms with Crippen LogP contribution in [0.25, 0.3) is 0 Å². The van der Waals surface area contributed by atoms with Gasteiger partial charge in [-0.3, -0.25) is 9.59 Å². The average Bonchev–Trinajstić information content (AvgIpc) is 2.60. The first-order chi connectivity index (χ1) is 12.0. The Morgan fingerprint density at radius 1 is 1.16 bits per heavy atom. The third-order valence-corrected chi connectivity index (χ3v) is 5.13. The van der Waals surface area contributed by atoms with E-state index in [1.54, 1.807) is 4.90 Å². The second-order valence-electron chi connectivity index (χ2n) is 7.36. The van der Waals surface area contributed by atoms with Crippen molar-refractivity contribution in [1.29, 1.82) is 0 Å². The van der Waals surface area contributed by atoms with Gasteiger partial charge < -0.3 is 15.0 Å². The van der Waals surface area contributed by atoms with E-state index < -0.39 is 0 Å². The molecule has 1 unspecified atom stereocenters. The summed E-state index contributed by atoms with van der Waals surface area (Å²) >= 11 is 0. The van der Waals surface area contributed by atoms with E-state index in [4.69, 9.17) is 4.74 Å². The molecular weight excluding hydrogens is 316 g/mol. The molecule has 2 aliphatic rings. The van der Waals surface area contributed by atoms with E-state index in [2.05, 4.69) is 11.4 Å². The van der Waals surface area contributed by atoms with Crippen LogP contribution in [0.3, 0.4) is 0 Å². The minimum absolute atomic E-state index is 0.0279. The number of nitrogens with one attached hydrogen (secondary N) is 1. The van der Waals surface area contributed by atoms with Gasteiger partial charge in [-0.15, -0.1) is 0 Å². The van der Waals surface area contributed by atoms with Crippen LogP contribution in [-0.4, -0.2) is 37.6 Å². The van der Waals surface area contributed by atoms with E-state index >= 15 is 0 Å². The molecule has 1 saturated heterocycles. The van der Waals surface area contributed by atoms with Crippen LogP contribution in [0.5, 0.6) is 0 Å². The molecule has 0 aromatic heterocycles. The summed E-state index contributed by atoms with van der Waals surface area (Å²) in [6, 6.07) is 6.14. The third kappa shape index (κ3) is 4.60. The van der Waals surface area contributed by atoms with Crippen LogP contribution >= 0.6 is 0 Å². The molecule has 1 saturated carbocycles. The molecular formula is C20H28N2O3. The number of anilines is 1. The lowest BCUT2D eigenvalue weighted by Gasteiger charge is -2.33. The standard InChI is InChI=1S/C20H28N2O3/c1-14-8-15(2)10-17(9-14)22-12-18(25-13-19(22)23)11-21-20(24)16-6-4-3-5-7-16/h8-10,16,18H,3-7,11-13H2,1-2H3,(H,21,24). The Balaban J connectivity index is 1.58. The zero-order valence-electron chi connectivity index (χ0n) is 15.2. The summed E-state index contributed by atoms with van der Waals surface area (Å²) < 4.78 is 5.63. The molecule has 5 nitrogen and oxygen atoms in total. The smallest absolute Gasteiger partial charge is 0.253 e. The first-order valence-corrected chi connectivity index (χ1v) is 9.31. The minimum Gasteiger partial charge on any atom is -0.365 e. The largest absolute Gasteiger partial charge is 0.365 e.